The third-order valence-electron chi connectivity index (χ3n) is 4.22. The molecular formula is C17H25N3O3S. The second-order valence-corrected chi connectivity index (χ2v) is 6.32. The number of esters is 1. The van der Waals surface area contributed by atoms with Gasteiger partial charge in [0.25, 0.3) is 0 Å². The highest BCUT2D eigenvalue weighted by molar-refractivity contribution is 7.08. The van der Waals surface area contributed by atoms with Gasteiger partial charge in [-0.2, -0.15) is 11.3 Å². The number of amides is 2. The second kappa shape index (κ2) is 8.30. The molecule has 2 heterocycles. The van der Waals surface area contributed by atoms with Crippen LogP contribution in [0, 0.1) is 0 Å². The Morgan fingerprint density at radius 3 is 2.62 bits per heavy atom. The summed E-state index contributed by atoms with van der Waals surface area (Å²) < 4.78 is 5.28. The van der Waals surface area contributed by atoms with Crippen LogP contribution in [0.2, 0.25) is 0 Å². The van der Waals surface area contributed by atoms with Gasteiger partial charge in [-0.1, -0.05) is 13.8 Å². The summed E-state index contributed by atoms with van der Waals surface area (Å²) in [6.45, 7) is 8.43. The quantitative estimate of drug-likeness (QED) is 0.767. The molecule has 1 unspecified atom stereocenters. The molecule has 0 aromatic carbocycles. The van der Waals surface area contributed by atoms with E-state index in [1.54, 1.807) is 14.0 Å². The molecule has 6 nitrogen and oxygen atoms in total. The molecule has 0 saturated heterocycles. The Morgan fingerprint density at radius 2 is 2.08 bits per heavy atom. The molecule has 1 aliphatic heterocycles. The molecule has 1 aromatic rings. The van der Waals surface area contributed by atoms with Crippen LogP contribution in [-0.2, 0) is 9.53 Å². The zero-order chi connectivity index (χ0) is 17.7. The Bertz CT molecular complexity index is 609. The Hall–Kier alpha value is -1.86. The van der Waals surface area contributed by atoms with Gasteiger partial charge in [-0.05, 0) is 42.4 Å². The van der Waals surface area contributed by atoms with Crippen LogP contribution in [0.5, 0.6) is 0 Å². The minimum absolute atomic E-state index is 0.207. The third kappa shape index (κ3) is 3.79. The summed E-state index contributed by atoms with van der Waals surface area (Å²) >= 11 is 1.54. The highest BCUT2D eigenvalue weighted by Gasteiger charge is 2.37. The predicted octanol–water partition coefficient (Wildman–Crippen LogP) is 2.60. The van der Waals surface area contributed by atoms with Crippen molar-refractivity contribution < 1.29 is 14.3 Å². The van der Waals surface area contributed by atoms with E-state index in [9.17, 15) is 9.59 Å². The normalized spacial score (nSPS) is 18.1. The van der Waals surface area contributed by atoms with E-state index in [-0.39, 0.29) is 12.0 Å². The summed E-state index contributed by atoms with van der Waals surface area (Å²) in [5, 5.41) is 6.80. The van der Waals surface area contributed by atoms with Crippen molar-refractivity contribution in [1.82, 2.24) is 15.1 Å². The zero-order valence-corrected chi connectivity index (χ0v) is 15.5. The van der Waals surface area contributed by atoms with Crippen LogP contribution >= 0.6 is 11.3 Å². The van der Waals surface area contributed by atoms with E-state index in [1.165, 1.54) is 16.2 Å². The van der Waals surface area contributed by atoms with E-state index < -0.39 is 6.04 Å². The first-order valence-electron chi connectivity index (χ1n) is 8.22. The molecule has 1 N–H and O–H groups in total. The summed E-state index contributed by atoms with van der Waals surface area (Å²) in [5.74, 6) is -0.372. The number of carbonyl (C=O) groups excluding carboxylic acids is 2. The van der Waals surface area contributed by atoms with Crippen molar-refractivity contribution in [3.63, 3.8) is 0 Å². The van der Waals surface area contributed by atoms with Crippen molar-refractivity contribution in [3.05, 3.63) is 33.7 Å². The number of ether oxygens (including phenoxy) is 1. The van der Waals surface area contributed by atoms with E-state index in [0.29, 0.717) is 24.4 Å². The van der Waals surface area contributed by atoms with E-state index in [4.69, 9.17) is 4.74 Å². The summed E-state index contributed by atoms with van der Waals surface area (Å²) in [4.78, 5) is 28.8. The van der Waals surface area contributed by atoms with Gasteiger partial charge in [0.15, 0.2) is 0 Å². The summed E-state index contributed by atoms with van der Waals surface area (Å²) in [6.07, 6.45) is 0. The van der Waals surface area contributed by atoms with Crippen molar-refractivity contribution in [2.45, 2.75) is 26.8 Å². The zero-order valence-electron chi connectivity index (χ0n) is 14.7. The van der Waals surface area contributed by atoms with Gasteiger partial charge in [-0.15, -0.1) is 0 Å². The SMILES string of the molecule is CCOC(=O)C1=C(CN(CC)CC)N(C)C(=O)NC1c1ccsc1. The number of rotatable bonds is 7. The molecule has 1 aromatic heterocycles. The number of nitrogens with zero attached hydrogens (tertiary/aromatic N) is 2. The maximum Gasteiger partial charge on any atom is 0.338 e. The highest BCUT2D eigenvalue weighted by atomic mass is 32.1. The fourth-order valence-electron chi connectivity index (χ4n) is 2.75. The highest BCUT2D eigenvalue weighted by Crippen LogP contribution is 2.32. The van der Waals surface area contributed by atoms with Crippen molar-refractivity contribution >= 4 is 23.3 Å². The van der Waals surface area contributed by atoms with Gasteiger partial charge < -0.3 is 10.1 Å². The third-order valence-corrected chi connectivity index (χ3v) is 4.92. The van der Waals surface area contributed by atoms with Crippen molar-refractivity contribution in [2.75, 3.05) is 33.3 Å². The first-order chi connectivity index (χ1) is 11.5. The number of carbonyl (C=O) groups is 2. The number of nitrogens with one attached hydrogen (secondary N) is 1. The molecule has 0 bridgehead atoms. The molecule has 1 aliphatic rings. The lowest BCUT2D eigenvalue weighted by Gasteiger charge is -2.36. The first kappa shape index (κ1) is 18.5. The molecular weight excluding hydrogens is 326 g/mol. The Kier molecular flexibility index (Phi) is 6.39. The molecule has 7 heteroatoms. The van der Waals surface area contributed by atoms with Crippen molar-refractivity contribution in [2.24, 2.45) is 0 Å². The number of thiophene rings is 1. The van der Waals surface area contributed by atoms with E-state index in [0.717, 1.165) is 18.7 Å². The monoisotopic (exact) mass is 351 g/mol. The number of hydrogen-bond acceptors (Lipinski definition) is 5. The van der Waals surface area contributed by atoms with E-state index in [1.807, 2.05) is 16.8 Å². The van der Waals surface area contributed by atoms with Gasteiger partial charge in [0.05, 0.1) is 18.2 Å². The summed E-state index contributed by atoms with van der Waals surface area (Å²) in [7, 11) is 1.69. The standard InChI is InChI=1S/C17H25N3O3S/c1-5-20(6-2)10-13-14(16(21)23-7-3)15(12-8-9-24-11-12)18-17(22)19(13)4/h8-9,11,15H,5-7,10H2,1-4H3,(H,18,22). The predicted molar refractivity (Wildman–Crippen MR) is 94.8 cm³/mol. The van der Waals surface area contributed by atoms with Crippen LogP contribution in [0.3, 0.4) is 0 Å². The topological polar surface area (TPSA) is 61.9 Å². The lowest BCUT2D eigenvalue weighted by molar-refractivity contribution is -0.139. The maximum absolute atomic E-state index is 12.7. The molecule has 132 valence electrons. The summed E-state index contributed by atoms with van der Waals surface area (Å²) in [6, 6.07) is 1.25. The largest absolute Gasteiger partial charge is 0.463 e. The molecule has 0 aliphatic carbocycles. The fourth-order valence-corrected chi connectivity index (χ4v) is 3.43. The fraction of sp³-hybridized carbons (Fsp3) is 0.529. The second-order valence-electron chi connectivity index (χ2n) is 5.54. The molecule has 0 saturated carbocycles. The molecule has 0 fully saturated rings. The van der Waals surface area contributed by atoms with Gasteiger partial charge in [-0.25, -0.2) is 9.59 Å². The average Bonchev–Trinajstić information content (AvgIpc) is 3.10. The van der Waals surface area contributed by atoms with Crippen LogP contribution in [0.15, 0.2) is 28.1 Å². The Morgan fingerprint density at radius 1 is 1.38 bits per heavy atom. The Balaban J connectivity index is 2.52. The van der Waals surface area contributed by atoms with Gasteiger partial charge in [0.2, 0.25) is 0 Å². The average molecular weight is 351 g/mol. The molecule has 1 atom stereocenters. The van der Waals surface area contributed by atoms with Crippen molar-refractivity contribution in [1.29, 1.82) is 0 Å². The van der Waals surface area contributed by atoms with E-state index >= 15 is 0 Å². The van der Waals surface area contributed by atoms with Crippen molar-refractivity contribution in [3.8, 4) is 0 Å². The molecule has 24 heavy (non-hydrogen) atoms. The van der Waals surface area contributed by atoms with Crippen LogP contribution < -0.4 is 5.32 Å². The van der Waals surface area contributed by atoms with Gasteiger partial charge >= 0.3 is 12.0 Å². The molecule has 0 radical (unpaired) electrons. The minimum atomic E-state index is -0.468. The molecule has 2 rings (SSSR count). The van der Waals surface area contributed by atoms with Crippen LogP contribution in [0.25, 0.3) is 0 Å². The molecule has 0 spiro atoms. The number of hydrogen-bond donors (Lipinski definition) is 1. The van der Waals surface area contributed by atoms with Crippen LogP contribution in [0.1, 0.15) is 32.4 Å². The Labute approximate surface area is 147 Å². The van der Waals surface area contributed by atoms with Gasteiger partial charge in [0.1, 0.15) is 0 Å². The number of urea groups is 1. The smallest absolute Gasteiger partial charge is 0.338 e. The lowest BCUT2D eigenvalue weighted by atomic mass is 9.96. The minimum Gasteiger partial charge on any atom is -0.463 e. The molecule has 2 amide bonds. The van der Waals surface area contributed by atoms with Gasteiger partial charge in [-0.3, -0.25) is 9.80 Å². The van der Waals surface area contributed by atoms with Crippen LogP contribution in [-0.4, -0.2) is 55.1 Å². The van der Waals surface area contributed by atoms with Crippen LogP contribution in [0.4, 0.5) is 4.79 Å². The summed E-state index contributed by atoms with van der Waals surface area (Å²) in [5.41, 5.74) is 2.13. The maximum atomic E-state index is 12.7. The first-order valence-corrected chi connectivity index (χ1v) is 9.16. The lowest BCUT2D eigenvalue weighted by Crippen LogP contribution is -2.49. The van der Waals surface area contributed by atoms with E-state index in [2.05, 4.69) is 24.1 Å². The number of likely N-dealkylation sites (N-methyl/N-ethyl adjacent to an activating group) is 2. The van der Waals surface area contributed by atoms with Gasteiger partial charge in [0, 0.05) is 19.3 Å².